The molecule has 2 aliphatic heterocycles. The van der Waals surface area contributed by atoms with E-state index in [4.69, 9.17) is 9.47 Å². The van der Waals surface area contributed by atoms with Gasteiger partial charge in [-0.1, -0.05) is 6.07 Å². The van der Waals surface area contributed by atoms with Crippen molar-refractivity contribution in [2.24, 2.45) is 7.05 Å². The van der Waals surface area contributed by atoms with Crippen LogP contribution in [0.2, 0.25) is 0 Å². The van der Waals surface area contributed by atoms with Gasteiger partial charge in [-0.05, 0) is 44.4 Å². The third-order valence-corrected chi connectivity index (χ3v) is 5.51. The fraction of sp³-hybridized carbons (Fsp3) is 0.500. The highest BCUT2D eigenvalue weighted by Gasteiger charge is 2.31. The van der Waals surface area contributed by atoms with Gasteiger partial charge in [0.15, 0.2) is 11.5 Å². The molecule has 6 heteroatoms. The molecule has 6 nitrogen and oxygen atoms in total. The number of nitrogens with zero attached hydrogens (tertiary/aromatic N) is 3. The molecular formula is C20H25N3O3. The van der Waals surface area contributed by atoms with Gasteiger partial charge in [0.25, 0.3) is 0 Å². The molecule has 0 N–H and O–H groups in total. The minimum Gasteiger partial charge on any atom is -0.486 e. The molecule has 1 aromatic carbocycles. The van der Waals surface area contributed by atoms with E-state index in [1.165, 1.54) is 0 Å². The van der Waals surface area contributed by atoms with E-state index >= 15 is 0 Å². The summed E-state index contributed by atoms with van der Waals surface area (Å²) in [5.74, 6) is 1.74. The van der Waals surface area contributed by atoms with Crippen molar-refractivity contribution in [3.8, 4) is 11.5 Å². The second-order valence-corrected chi connectivity index (χ2v) is 7.10. The first-order valence-corrected chi connectivity index (χ1v) is 9.22. The Morgan fingerprint density at radius 1 is 1.23 bits per heavy atom. The van der Waals surface area contributed by atoms with Crippen molar-refractivity contribution < 1.29 is 14.3 Å². The maximum absolute atomic E-state index is 13.0. The lowest BCUT2D eigenvalue weighted by Crippen LogP contribution is -2.32. The Morgan fingerprint density at radius 2 is 2.00 bits per heavy atom. The number of ether oxygens (including phenoxy) is 2. The molecule has 0 saturated carbocycles. The Hall–Kier alpha value is -2.50. The van der Waals surface area contributed by atoms with E-state index in [-0.39, 0.29) is 11.9 Å². The highest BCUT2D eigenvalue weighted by molar-refractivity contribution is 5.80. The van der Waals surface area contributed by atoms with Crippen molar-refractivity contribution in [3.63, 3.8) is 0 Å². The summed E-state index contributed by atoms with van der Waals surface area (Å²) in [4.78, 5) is 15.0. The summed E-state index contributed by atoms with van der Waals surface area (Å²) < 4.78 is 13.2. The Kier molecular flexibility index (Phi) is 4.34. The largest absolute Gasteiger partial charge is 0.486 e. The van der Waals surface area contributed by atoms with E-state index in [0.717, 1.165) is 53.4 Å². The van der Waals surface area contributed by atoms with Gasteiger partial charge >= 0.3 is 0 Å². The highest BCUT2D eigenvalue weighted by atomic mass is 16.6. The number of hydrogen-bond acceptors (Lipinski definition) is 4. The fourth-order valence-electron chi connectivity index (χ4n) is 4.01. The van der Waals surface area contributed by atoms with Gasteiger partial charge in [0.05, 0.1) is 18.2 Å². The maximum atomic E-state index is 13.0. The topological polar surface area (TPSA) is 56.6 Å². The quantitative estimate of drug-likeness (QED) is 0.849. The van der Waals surface area contributed by atoms with Crippen LogP contribution < -0.4 is 9.47 Å². The molecule has 2 aromatic rings. The summed E-state index contributed by atoms with van der Waals surface area (Å²) in [6.07, 6.45) is 2.42. The molecular weight excluding hydrogens is 330 g/mol. The normalized spacial score (nSPS) is 19.0. The van der Waals surface area contributed by atoms with Crippen molar-refractivity contribution in [2.75, 3.05) is 19.8 Å². The number of carbonyl (C=O) groups is 1. The molecule has 1 saturated heterocycles. The van der Waals surface area contributed by atoms with Crippen molar-refractivity contribution >= 4 is 5.91 Å². The maximum Gasteiger partial charge on any atom is 0.227 e. The van der Waals surface area contributed by atoms with Gasteiger partial charge < -0.3 is 14.4 Å². The van der Waals surface area contributed by atoms with Crippen LogP contribution in [-0.2, 0) is 18.3 Å². The second-order valence-electron chi connectivity index (χ2n) is 7.10. The van der Waals surface area contributed by atoms with Gasteiger partial charge in [-0.3, -0.25) is 9.48 Å². The molecule has 0 bridgehead atoms. The predicted octanol–water partition coefficient (Wildman–Crippen LogP) is 2.71. The highest BCUT2D eigenvalue weighted by Crippen LogP contribution is 2.38. The van der Waals surface area contributed by atoms with E-state index in [0.29, 0.717) is 19.6 Å². The molecule has 1 aromatic heterocycles. The fourth-order valence-corrected chi connectivity index (χ4v) is 4.01. The predicted molar refractivity (Wildman–Crippen MR) is 97.5 cm³/mol. The summed E-state index contributed by atoms with van der Waals surface area (Å²) in [5.41, 5.74) is 4.17. The molecule has 0 aliphatic carbocycles. The van der Waals surface area contributed by atoms with Gasteiger partial charge in [-0.15, -0.1) is 0 Å². The first kappa shape index (κ1) is 16.9. The number of aryl methyl sites for hydroxylation is 2. The minimum absolute atomic E-state index is 0.107. The zero-order valence-electron chi connectivity index (χ0n) is 15.6. The Labute approximate surface area is 153 Å². The van der Waals surface area contributed by atoms with E-state index < -0.39 is 0 Å². The Morgan fingerprint density at radius 3 is 2.73 bits per heavy atom. The van der Waals surface area contributed by atoms with Gasteiger partial charge in [-0.25, -0.2) is 0 Å². The van der Waals surface area contributed by atoms with Crippen molar-refractivity contribution in [1.29, 1.82) is 0 Å². The van der Waals surface area contributed by atoms with Crippen LogP contribution in [0, 0.1) is 13.8 Å². The standard InChI is InChI=1S/C20H25N3O3/c1-13-16(14(2)22(3)21-13)12-20(24)23-8-4-5-17(23)15-6-7-18-19(11-15)26-10-9-25-18/h6-7,11,17H,4-5,8-10,12H2,1-3H3. The lowest BCUT2D eigenvalue weighted by molar-refractivity contribution is -0.131. The van der Waals surface area contributed by atoms with Gasteiger partial charge in [0.1, 0.15) is 13.2 Å². The zero-order valence-corrected chi connectivity index (χ0v) is 15.6. The summed E-state index contributed by atoms with van der Waals surface area (Å²) in [6.45, 7) is 5.95. The number of amides is 1. The number of aromatic nitrogens is 2. The number of benzene rings is 1. The van der Waals surface area contributed by atoms with E-state index in [1.807, 2.05) is 42.6 Å². The summed E-state index contributed by atoms with van der Waals surface area (Å²) >= 11 is 0. The summed E-state index contributed by atoms with van der Waals surface area (Å²) in [6, 6.07) is 6.16. The summed E-state index contributed by atoms with van der Waals surface area (Å²) in [5, 5.41) is 4.43. The molecule has 4 rings (SSSR count). The van der Waals surface area contributed by atoms with Crippen LogP contribution in [-0.4, -0.2) is 40.3 Å². The SMILES string of the molecule is Cc1nn(C)c(C)c1CC(=O)N1CCCC1c1ccc2c(c1)OCCO2. The zero-order chi connectivity index (χ0) is 18.3. The van der Waals surface area contributed by atoms with Crippen molar-refractivity contribution in [1.82, 2.24) is 14.7 Å². The first-order chi connectivity index (χ1) is 12.5. The lowest BCUT2D eigenvalue weighted by atomic mass is 10.0. The van der Waals surface area contributed by atoms with Gasteiger partial charge in [0, 0.05) is 24.8 Å². The third kappa shape index (κ3) is 2.93. The molecule has 1 atom stereocenters. The van der Waals surface area contributed by atoms with Crippen molar-refractivity contribution in [3.05, 3.63) is 40.7 Å². The number of likely N-dealkylation sites (tertiary alicyclic amines) is 1. The Bertz CT molecular complexity index is 843. The number of hydrogen-bond donors (Lipinski definition) is 0. The van der Waals surface area contributed by atoms with Gasteiger partial charge in [0.2, 0.25) is 5.91 Å². The lowest BCUT2D eigenvalue weighted by Gasteiger charge is -2.27. The van der Waals surface area contributed by atoms with Gasteiger partial charge in [-0.2, -0.15) is 5.10 Å². The van der Waals surface area contributed by atoms with E-state index in [9.17, 15) is 4.79 Å². The number of carbonyl (C=O) groups excluding carboxylic acids is 1. The van der Waals surface area contributed by atoms with Crippen LogP contribution in [0.15, 0.2) is 18.2 Å². The molecule has 2 aliphatic rings. The van der Waals surface area contributed by atoms with E-state index in [1.54, 1.807) is 0 Å². The van der Waals surface area contributed by atoms with Crippen LogP contribution in [0.25, 0.3) is 0 Å². The summed E-state index contributed by atoms with van der Waals surface area (Å²) in [7, 11) is 1.92. The molecule has 26 heavy (non-hydrogen) atoms. The second kappa shape index (κ2) is 6.67. The van der Waals surface area contributed by atoms with Crippen LogP contribution in [0.3, 0.4) is 0 Å². The minimum atomic E-state index is 0.107. The molecule has 138 valence electrons. The third-order valence-electron chi connectivity index (χ3n) is 5.51. The average molecular weight is 355 g/mol. The number of rotatable bonds is 3. The van der Waals surface area contributed by atoms with Crippen molar-refractivity contribution in [2.45, 2.75) is 39.2 Å². The monoisotopic (exact) mass is 355 g/mol. The Balaban J connectivity index is 1.55. The molecule has 0 radical (unpaired) electrons. The number of fused-ring (bicyclic) bond motifs is 1. The molecule has 0 spiro atoms. The molecule has 1 unspecified atom stereocenters. The average Bonchev–Trinajstić information content (AvgIpc) is 3.22. The molecule has 3 heterocycles. The van der Waals surface area contributed by atoms with Crippen LogP contribution in [0.5, 0.6) is 11.5 Å². The van der Waals surface area contributed by atoms with Crippen LogP contribution in [0.4, 0.5) is 0 Å². The molecule has 1 amide bonds. The first-order valence-electron chi connectivity index (χ1n) is 9.22. The van der Waals surface area contributed by atoms with Crippen LogP contribution in [0.1, 0.15) is 41.4 Å². The van der Waals surface area contributed by atoms with Crippen LogP contribution >= 0.6 is 0 Å². The molecule has 1 fully saturated rings. The smallest absolute Gasteiger partial charge is 0.227 e. The van der Waals surface area contributed by atoms with E-state index in [2.05, 4.69) is 11.2 Å².